The molecule has 0 unspecified atom stereocenters. The van der Waals surface area contributed by atoms with Gasteiger partial charge in [-0.05, 0) is 88.2 Å². The summed E-state index contributed by atoms with van der Waals surface area (Å²) < 4.78 is 2.20. The van der Waals surface area contributed by atoms with Crippen molar-refractivity contribution in [2.75, 3.05) is 5.32 Å². The molecule has 0 aliphatic carbocycles. The van der Waals surface area contributed by atoms with Crippen molar-refractivity contribution in [1.82, 2.24) is 15.0 Å². The number of aromatic nitrogens is 2. The Morgan fingerprint density at radius 2 is 1.64 bits per heavy atom. The number of hydrazone groups is 1. The highest BCUT2D eigenvalue weighted by Crippen LogP contribution is 2.27. The van der Waals surface area contributed by atoms with Gasteiger partial charge in [0.2, 0.25) is 0 Å². The van der Waals surface area contributed by atoms with E-state index in [0.717, 1.165) is 44.7 Å². The van der Waals surface area contributed by atoms with Crippen molar-refractivity contribution >= 4 is 34.3 Å². The fourth-order valence-corrected chi connectivity index (χ4v) is 5.16. The van der Waals surface area contributed by atoms with Crippen LogP contribution >= 0.6 is 11.3 Å². The Morgan fingerprint density at radius 3 is 2.36 bits per heavy atom. The van der Waals surface area contributed by atoms with Gasteiger partial charge in [0.05, 0.1) is 11.9 Å². The quantitative estimate of drug-likeness (QED) is 0.167. The van der Waals surface area contributed by atoms with Crippen LogP contribution in [0.15, 0.2) is 83.3 Å². The molecule has 0 radical (unpaired) electrons. The molecular weight excluding hydrogens is 502 g/mol. The zero-order valence-corrected chi connectivity index (χ0v) is 23.6. The average Bonchev–Trinajstić information content (AvgIpc) is 3.50. The van der Waals surface area contributed by atoms with Crippen molar-refractivity contribution in [1.29, 1.82) is 0 Å². The van der Waals surface area contributed by atoms with Crippen LogP contribution in [0.4, 0.5) is 10.8 Å². The lowest BCUT2D eigenvalue weighted by molar-refractivity contribution is 0.0955. The van der Waals surface area contributed by atoms with Gasteiger partial charge < -0.3 is 9.88 Å². The molecule has 0 saturated carbocycles. The van der Waals surface area contributed by atoms with Gasteiger partial charge in [0, 0.05) is 44.8 Å². The number of carbonyl (C=O) groups is 1. The molecular formula is C32H31N5OS. The molecule has 0 spiro atoms. The lowest BCUT2D eigenvalue weighted by Crippen LogP contribution is -2.17. The van der Waals surface area contributed by atoms with E-state index in [1.807, 2.05) is 29.6 Å². The van der Waals surface area contributed by atoms with Gasteiger partial charge in [0.1, 0.15) is 0 Å². The van der Waals surface area contributed by atoms with Crippen LogP contribution < -0.4 is 10.7 Å². The van der Waals surface area contributed by atoms with E-state index in [-0.39, 0.29) is 5.91 Å². The molecule has 5 rings (SSSR count). The molecule has 1 amide bonds. The summed E-state index contributed by atoms with van der Waals surface area (Å²) in [5.74, 6) is -0.263. The van der Waals surface area contributed by atoms with Gasteiger partial charge in [0.25, 0.3) is 5.91 Å². The molecule has 0 aliphatic heterocycles. The fraction of sp³-hybridized carbons (Fsp3) is 0.156. The van der Waals surface area contributed by atoms with E-state index in [9.17, 15) is 4.79 Å². The number of nitrogens with one attached hydrogen (secondary N) is 2. The third kappa shape index (κ3) is 5.84. The molecule has 2 heterocycles. The summed E-state index contributed by atoms with van der Waals surface area (Å²) in [5, 5.41) is 10.4. The van der Waals surface area contributed by atoms with E-state index in [1.54, 1.807) is 29.7 Å². The highest BCUT2D eigenvalue weighted by molar-refractivity contribution is 7.14. The van der Waals surface area contributed by atoms with E-state index >= 15 is 0 Å². The van der Waals surface area contributed by atoms with Gasteiger partial charge in [-0.15, -0.1) is 11.3 Å². The normalized spacial score (nSPS) is 11.2. The summed E-state index contributed by atoms with van der Waals surface area (Å²) in [7, 11) is 0. The number of hydrogen-bond donors (Lipinski definition) is 2. The Morgan fingerprint density at radius 1 is 0.897 bits per heavy atom. The predicted molar refractivity (Wildman–Crippen MR) is 162 cm³/mol. The van der Waals surface area contributed by atoms with Crippen LogP contribution in [0.1, 0.15) is 44.0 Å². The maximum Gasteiger partial charge on any atom is 0.271 e. The van der Waals surface area contributed by atoms with Crippen LogP contribution in [0.3, 0.4) is 0 Å². The summed E-state index contributed by atoms with van der Waals surface area (Å²) in [6, 6.07) is 24.1. The number of thiazole rings is 1. The zero-order chi connectivity index (χ0) is 27.5. The maximum atomic E-state index is 12.7. The van der Waals surface area contributed by atoms with Gasteiger partial charge in [-0.1, -0.05) is 35.9 Å². The first-order valence-electron chi connectivity index (χ1n) is 12.8. The number of aryl methyl sites for hydroxylation is 4. The van der Waals surface area contributed by atoms with Gasteiger partial charge in [0.15, 0.2) is 5.13 Å². The second kappa shape index (κ2) is 11.1. The van der Waals surface area contributed by atoms with Crippen molar-refractivity contribution in [2.45, 2.75) is 34.6 Å². The maximum absolute atomic E-state index is 12.7. The summed E-state index contributed by atoms with van der Waals surface area (Å²) in [4.78, 5) is 17.4. The molecule has 2 aromatic heterocycles. The van der Waals surface area contributed by atoms with Crippen LogP contribution in [0.5, 0.6) is 0 Å². The second-order valence-electron chi connectivity index (χ2n) is 9.74. The van der Waals surface area contributed by atoms with Gasteiger partial charge in [-0.25, -0.2) is 10.4 Å². The third-order valence-electron chi connectivity index (χ3n) is 6.84. The van der Waals surface area contributed by atoms with Crippen LogP contribution in [-0.4, -0.2) is 21.7 Å². The Kier molecular flexibility index (Phi) is 7.43. The number of rotatable bonds is 7. The largest absolute Gasteiger partial charge is 0.332 e. The topological polar surface area (TPSA) is 71.3 Å². The molecule has 0 atom stereocenters. The molecule has 39 heavy (non-hydrogen) atoms. The minimum atomic E-state index is -0.263. The monoisotopic (exact) mass is 533 g/mol. The van der Waals surface area contributed by atoms with Gasteiger partial charge >= 0.3 is 0 Å². The van der Waals surface area contributed by atoms with Crippen LogP contribution in [0.25, 0.3) is 16.9 Å². The second-order valence-corrected chi connectivity index (χ2v) is 10.6. The van der Waals surface area contributed by atoms with E-state index in [2.05, 4.69) is 96.4 Å². The standard InChI is InChI=1S/C32H31N5OS/c1-20-6-13-28(14-7-20)34-32-35-30(19-39-32)25-9-11-26(12-10-25)31(38)36-33-18-27-17-23(4)37(24(27)5)29-15-8-21(2)22(3)16-29/h6-19H,1-5H3,(H,34,35)(H,36,38)/b33-18-. The highest BCUT2D eigenvalue weighted by Gasteiger charge is 2.11. The molecule has 0 bridgehead atoms. The lowest BCUT2D eigenvalue weighted by atomic mass is 10.1. The average molecular weight is 534 g/mol. The fourth-order valence-electron chi connectivity index (χ4n) is 4.42. The SMILES string of the molecule is Cc1ccc(Nc2nc(-c3ccc(C(=O)N/N=C\c4cc(C)n(-c5ccc(C)c(C)c5)c4C)cc3)cs2)cc1. The third-order valence-corrected chi connectivity index (χ3v) is 7.60. The first kappa shape index (κ1) is 26.1. The van der Waals surface area contributed by atoms with Crippen molar-refractivity contribution in [3.63, 3.8) is 0 Å². The molecule has 5 aromatic rings. The smallest absolute Gasteiger partial charge is 0.271 e. The first-order valence-corrected chi connectivity index (χ1v) is 13.7. The Balaban J connectivity index is 1.23. The van der Waals surface area contributed by atoms with E-state index in [0.29, 0.717) is 5.56 Å². The predicted octanol–water partition coefficient (Wildman–Crippen LogP) is 7.65. The zero-order valence-electron chi connectivity index (χ0n) is 22.7. The number of benzene rings is 3. The summed E-state index contributed by atoms with van der Waals surface area (Å²) in [6.45, 7) is 10.4. The summed E-state index contributed by atoms with van der Waals surface area (Å²) >= 11 is 1.54. The highest BCUT2D eigenvalue weighted by atomic mass is 32.1. The molecule has 0 aliphatic rings. The van der Waals surface area contributed by atoms with Crippen molar-refractivity contribution < 1.29 is 4.79 Å². The van der Waals surface area contributed by atoms with Gasteiger partial charge in [-0.3, -0.25) is 4.79 Å². The number of amides is 1. The van der Waals surface area contributed by atoms with Crippen LogP contribution in [0, 0.1) is 34.6 Å². The molecule has 2 N–H and O–H groups in total. The summed E-state index contributed by atoms with van der Waals surface area (Å²) in [6.07, 6.45) is 1.70. The molecule has 7 heteroatoms. The molecule has 3 aromatic carbocycles. The Labute approximate surface area is 233 Å². The number of anilines is 2. The van der Waals surface area contributed by atoms with Crippen molar-refractivity contribution in [3.8, 4) is 16.9 Å². The van der Waals surface area contributed by atoms with Crippen molar-refractivity contribution in [3.05, 3.63) is 117 Å². The minimum Gasteiger partial charge on any atom is -0.332 e. The summed E-state index contributed by atoms with van der Waals surface area (Å²) in [5.41, 5.74) is 14.0. The Hall–Kier alpha value is -4.49. The van der Waals surface area contributed by atoms with E-state index in [1.165, 1.54) is 16.7 Å². The lowest BCUT2D eigenvalue weighted by Gasteiger charge is -2.11. The first-order chi connectivity index (χ1) is 18.8. The van der Waals surface area contributed by atoms with Crippen LogP contribution in [0.2, 0.25) is 0 Å². The molecule has 196 valence electrons. The number of nitrogens with zero attached hydrogens (tertiary/aromatic N) is 3. The van der Waals surface area contributed by atoms with E-state index in [4.69, 9.17) is 0 Å². The number of hydrogen-bond acceptors (Lipinski definition) is 5. The molecule has 0 saturated heterocycles. The van der Waals surface area contributed by atoms with Gasteiger partial charge in [-0.2, -0.15) is 5.10 Å². The molecule has 6 nitrogen and oxygen atoms in total. The van der Waals surface area contributed by atoms with E-state index < -0.39 is 0 Å². The molecule has 0 fully saturated rings. The Bertz CT molecular complexity index is 1660. The van der Waals surface area contributed by atoms with Crippen LogP contribution in [-0.2, 0) is 0 Å². The number of carbonyl (C=O) groups excluding carboxylic acids is 1. The minimum absolute atomic E-state index is 0.263. The van der Waals surface area contributed by atoms with Crippen molar-refractivity contribution in [2.24, 2.45) is 5.10 Å².